The molecular weight excluding hydrogens is 340 g/mol. The van der Waals surface area contributed by atoms with Crippen LogP contribution in [0.15, 0.2) is 22.3 Å². The minimum Gasteiger partial charge on any atom is -0.356 e. The summed E-state index contributed by atoms with van der Waals surface area (Å²) in [4.78, 5) is 21.8. The number of aryl methyl sites for hydroxylation is 1. The van der Waals surface area contributed by atoms with Gasteiger partial charge >= 0.3 is 0 Å². The molecule has 0 fully saturated rings. The van der Waals surface area contributed by atoms with Crippen LogP contribution in [-0.4, -0.2) is 41.6 Å². The SMILES string of the molecule is Cc1ccsc1-c1cc2nc(NCCCN(C)C)n(C)c(=O)c2s1. The van der Waals surface area contributed by atoms with E-state index in [0.29, 0.717) is 5.95 Å². The van der Waals surface area contributed by atoms with Crippen LogP contribution in [-0.2, 0) is 7.05 Å². The summed E-state index contributed by atoms with van der Waals surface area (Å²) in [6, 6.07) is 4.14. The van der Waals surface area contributed by atoms with Crippen molar-refractivity contribution in [2.24, 2.45) is 7.05 Å². The topological polar surface area (TPSA) is 50.2 Å². The molecule has 0 bridgehead atoms. The zero-order valence-electron chi connectivity index (χ0n) is 14.4. The highest BCUT2D eigenvalue weighted by Gasteiger charge is 2.14. The molecule has 3 heterocycles. The Hall–Kier alpha value is -1.70. The number of thiophene rings is 2. The van der Waals surface area contributed by atoms with Crippen LogP contribution in [0.25, 0.3) is 20.0 Å². The first-order valence-corrected chi connectivity index (χ1v) is 9.60. The summed E-state index contributed by atoms with van der Waals surface area (Å²) in [6.45, 7) is 3.90. The number of anilines is 1. The molecule has 24 heavy (non-hydrogen) atoms. The largest absolute Gasteiger partial charge is 0.356 e. The van der Waals surface area contributed by atoms with Gasteiger partial charge in [-0.2, -0.15) is 0 Å². The van der Waals surface area contributed by atoms with E-state index in [1.807, 2.05) is 6.07 Å². The summed E-state index contributed by atoms with van der Waals surface area (Å²) in [6.07, 6.45) is 1.00. The Bertz CT molecular complexity index is 907. The molecule has 3 rings (SSSR count). The summed E-state index contributed by atoms with van der Waals surface area (Å²) in [5.74, 6) is 0.638. The Morgan fingerprint density at radius 2 is 2.17 bits per heavy atom. The van der Waals surface area contributed by atoms with Gasteiger partial charge in [0.25, 0.3) is 5.56 Å². The Morgan fingerprint density at radius 3 is 2.83 bits per heavy atom. The molecule has 1 N–H and O–H groups in total. The van der Waals surface area contributed by atoms with Gasteiger partial charge in [-0.15, -0.1) is 22.7 Å². The lowest BCUT2D eigenvalue weighted by Crippen LogP contribution is -2.23. The van der Waals surface area contributed by atoms with E-state index in [-0.39, 0.29) is 5.56 Å². The lowest BCUT2D eigenvalue weighted by molar-refractivity contribution is 0.405. The molecule has 0 aliphatic carbocycles. The third-order valence-corrected chi connectivity index (χ3v) is 6.22. The highest BCUT2D eigenvalue weighted by atomic mass is 32.1. The molecule has 128 valence electrons. The van der Waals surface area contributed by atoms with Gasteiger partial charge in [-0.3, -0.25) is 9.36 Å². The molecule has 5 nitrogen and oxygen atoms in total. The van der Waals surface area contributed by atoms with E-state index in [4.69, 9.17) is 0 Å². The molecule has 0 saturated heterocycles. The number of nitrogens with zero attached hydrogens (tertiary/aromatic N) is 3. The van der Waals surface area contributed by atoms with Gasteiger partial charge in [0, 0.05) is 23.3 Å². The van der Waals surface area contributed by atoms with Crippen molar-refractivity contribution in [2.75, 3.05) is 32.5 Å². The molecule has 0 unspecified atom stereocenters. The van der Waals surface area contributed by atoms with Crippen LogP contribution in [0.4, 0.5) is 5.95 Å². The predicted octanol–water partition coefficient (Wildman–Crippen LogP) is 3.40. The molecule has 0 aliphatic rings. The number of nitrogens with one attached hydrogen (secondary N) is 1. The summed E-state index contributed by atoms with van der Waals surface area (Å²) in [5.41, 5.74) is 2.03. The van der Waals surface area contributed by atoms with Crippen molar-refractivity contribution in [3.63, 3.8) is 0 Å². The fourth-order valence-electron chi connectivity index (χ4n) is 2.55. The third-order valence-electron chi connectivity index (χ3n) is 3.91. The molecule has 0 aliphatic heterocycles. The Labute approximate surface area is 149 Å². The first kappa shape index (κ1) is 17.1. The second-order valence-corrected chi connectivity index (χ2v) is 8.11. The molecule has 0 spiro atoms. The predicted molar refractivity (Wildman–Crippen MR) is 105 cm³/mol. The molecule has 7 heteroatoms. The van der Waals surface area contributed by atoms with Crippen LogP contribution < -0.4 is 10.9 Å². The van der Waals surface area contributed by atoms with Gasteiger partial charge in [-0.1, -0.05) is 0 Å². The first-order valence-electron chi connectivity index (χ1n) is 7.91. The van der Waals surface area contributed by atoms with Gasteiger partial charge in [-0.05, 0) is 57.1 Å². The Kier molecular flexibility index (Phi) is 5.03. The summed E-state index contributed by atoms with van der Waals surface area (Å²) < 4.78 is 2.33. The Balaban J connectivity index is 1.91. The van der Waals surface area contributed by atoms with E-state index in [1.165, 1.54) is 21.8 Å². The summed E-state index contributed by atoms with van der Waals surface area (Å²) in [7, 11) is 5.89. The molecule has 3 aromatic rings. The highest BCUT2D eigenvalue weighted by molar-refractivity contribution is 7.25. The third kappa shape index (κ3) is 3.38. The molecule has 0 saturated carbocycles. The van der Waals surface area contributed by atoms with Crippen molar-refractivity contribution in [1.29, 1.82) is 0 Å². The van der Waals surface area contributed by atoms with E-state index >= 15 is 0 Å². The number of hydrogen-bond donors (Lipinski definition) is 1. The Morgan fingerprint density at radius 1 is 1.38 bits per heavy atom. The van der Waals surface area contributed by atoms with Gasteiger partial charge in [-0.25, -0.2) is 4.98 Å². The zero-order chi connectivity index (χ0) is 17.3. The molecule has 3 aromatic heterocycles. The zero-order valence-corrected chi connectivity index (χ0v) is 16.1. The molecular formula is C17H22N4OS2. The van der Waals surface area contributed by atoms with Crippen LogP contribution in [0.2, 0.25) is 0 Å². The fourth-order valence-corrected chi connectivity index (χ4v) is 4.73. The van der Waals surface area contributed by atoms with Crippen LogP contribution in [0.3, 0.4) is 0 Å². The van der Waals surface area contributed by atoms with E-state index in [2.05, 4.69) is 47.7 Å². The highest BCUT2D eigenvalue weighted by Crippen LogP contribution is 2.36. The molecule has 0 radical (unpaired) electrons. The number of rotatable bonds is 6. The van der Waals surface area contributed by atoms with Crippen LogP contribution in [0, 0.1) is 6.92 Å². The van der Waals surface area contributed by atoms with Crippen molar-refractivity contribution >= 4 is 38.8 Å². The van der Waals surface area contributed by atoms with Gasteiger partial charge in [0.2, 0.25) is 5.95 Å². The van der Waals surface area contributed by atoms with Crippen molar-refractivity contribution in [3.05, 3.63) is 33.4 Å². The molecule has 0 aromatic carbocycles. The van der Waals surface area contributed by atoms with Gasteiger partial charge in [0.15, 0.2) is 0 Å². The smallest absolute Gasteiger partial charge is 0.272 e. The normalized spacial score (nSPS) is 11.5. The maximum Gasteiger partial charge on any atom is 0.272 e. The van der Waals surface area contributed by atoms with Gasteiger partial charge in [0.1, 0.15) is 4.70 Å². The minimum absolute atomic E-state index is 0.0144. The molecule has 0 amide bonds. The maximum absolute atomic E-state index is 12.6. The second kappa shape index (κ2) is 7.04. The lowest BCUT2D eigenvalue weighted by Gasteiger charge is -2.12. The van der Waals surface area contributed by atoms with Gasteiger partial charge < -0.3 is 10.2 Å². The minimum atomic E-state index is 0.0144. The van der Waals surface area contributed by atoms with Crippen LogP contribution in [0.1, 0.15) is 12.0 Å². The quantitative estimate of drug-likeness (QED) is 0.683. The van der Waals surface area contributed by atoms with E-state index in [0.717, 1.165) is 34.6 Å². The maximum atomic E-state index is 12.6. The first-order chi connectivity index (χ1) is 11.5. The van der Waals surface area contributed by atoms with Crippen molar-refractivity contribution in [2.45, 2.75) is 13.3 Å². The second-order valence-electron chi connectivity index (χ2n) is 6.14. The number of fused-ring (bicyclic) bond motifs is 1. The van der Waals surface area contributed by atoms with Crippen molar-refractivity contribution in [1.82, 2.24) is 14.5 Å². The monoisotopic (exact) mass is 362 g/mol. The van der Waals surface area contributed by atoms with Crippen molar-refractivity contribution in [3.8, 4) is 9.75 Å². The molecule has 0 atom stereocenters. The van der Waals surface area contributed by atoms with E-state index in [9.17, 15) is 4.79 Å². The van der Waals surface area contributed by atoms with E-state index < -0.39 is 0 Å². The lowest BCUT2D eigenvalue weighted by atomic mass is 10.2. The number of hydrogen-bond acceptors (Lipinski definition) is 6. The standard InChI is InChI=1S/C17H22N4OS2/c1-11-6-9-23-14(11)13-10-12-15(24-13)16(22)21(4)17(19-12)18-7-5-8-20(2)3/h6,9-10H,5,7-8H2,1-4H3,(H,18,19). The fraction of sp³-hybridized carbons (Fsp3) is 0.412. The van der Waals surface area contributed by atoms with E-state index in [1.54, 1.807) is 23.0 Å². The van der Waals surface area contributed by atoms with Crippen molar-refractivity contribution < 1.29 is 0 Å². The average Bonchev–Trinajstić information content (AvgIpc) is 3.14. The average molecular weight is 363 g/mol. The van der Waals surface area contributed by atoms with Crippen LogP contribution >= 0.6 is 22.7 Å². The summed E-state index contributed by atoms with van der Waals surface area (Å²) >= 11 is 3.24. The van der Waals surface area contributed by atoms with Gasteiger partial charge in [0.05, 0.1) is 5.52 Å². The summed E-state index contributed by atoms with van der Waals surface area (Å²) in [5, 5.41) is 5.37. The number of aromatic nitrogens is 2. The van der Waals surface area contributed by atoms with Crippen LogP contribution in [0.5, 0.6) is 0 Å².